The molecule has 2 rings (SSSR count). The topological polar surface area (TPSA) is 46.6 Å². The second kappa shape index (κ2) is 6.24. The van der Waals surface area contributed by atoms with E-state index in [1.165, 1.54) is 4.31 Å². The molecule has 1 aromatic rings. The minimum absolute atomic E-state index is 0.00784. The van der Waals surface area contributed by atoms with Crippen molar-refractivity contribution in [2.45, 2.75) is 43.6 Å². The van der Waals surface area contributed by atoms with Crippen LogP contribution in [0.5, 0.6) is 0 Å². The highest BCUT2D eigenvalue weighted by molar-refractivity contribution is 7.89. The lowest BCUT2D eigenvalue weighted by molar-refractivity contribution is 0.0572. The summed E-state index contributed by atoms with van der Waals surface area (Å²) in [6.45, 7) is 5.22. The Bertz CT molecular complexity index is 537. The van der Waals surface area contributed by atoms with Gasteiger partial charge in [0.05, 0.1) is 11.0 Å². The quantitative estimate of drug-likeness (QED) is 0.858. The summed E-state index contributed by atoms with van der Waals surface area (Å²) in [4.78, 5) is 0.374. The van der Waals surface area contributed by atoms with Crippen molar-refractivity contribution >= 4 is 10.0 Å². The van der Waals surface area contributed by atoms with Crippen molar-refractivity contribution < 1.29 is 13.2 Å². The molecule has 1 aromatic carbocycles. The molecular weight excluding hydrogens is 274 g/mol. The van der Waals surface area contributed by atoms with E-state index < -0.39 is 10.0 Å². The number of hydrogen-bond donors (Lipinski definition) is 0. The molecular formula is C15H23NO3S. The largest absolute Gasteiger partial charge is 0.380 e. The fourth-order valence-electron chi connectivity index (χ4n) is 2.49. The second-order valence-electron chi connectivity index (χ2n) is 5.59. The number of benzene rings is 1. The molecule has 1 aliphatic heterocycles. The molecule has 1 atom stereocenters. The first kappa shape index (κ1) is 15.5. The molecule has 1 saturated heterocycles. The molecule has 1 heterocycles. The molecule has 0 spiro atoms. The predicted octanol–water partition coefficient (Wildman–Crippen LogP) is 2.61. The van der Waals surface area contributed by atoms with E-state index in [-0.39, 0.29) is 6.10 Å². The van der Waals surface area contributed by atoms with E-state index >= 15 is 0 Å². The van der Waals surface area contributed by atoms with Crippen LogP contribution < -0.4 is 0 Å². The summed E-state index contributed by atoms with van der Waals surface area (Å²) >= 11 is 0. The molecule has 0 amide bonds. The second-order valence-corrected chi connectivity index (χ2v) is 7.52. The highest BCUT2D eigenvalue weighted by Crippen LogP contribution is 2.23. The van der Waals surface area contributed by atoms with Gasteiger partial charge in [0.15, 0.2) is 0 Å². The van der Waals surface area contributed by atoms with Gasteiger partial charge in [-0.05, 0) is 36.5 Å². The maximum atomic E-state index is 12.6. The molecule has 20 heavy (non-hydrogen) atoms. The molecule has 0 saturated carbocycles. The van der Waals surface area contributed by atoms with E-state index in [4.69, 9.17) is 4.74 Å². The summed E-state index contributed by atoms with van der Waals surface area (Å²) in [7, 11) is -1.76. The Hall–Kier alpha value is -0.910. The fourth-order valence-corrected chi connectivity index (χ4v) is 4.00. The lowest BCUT2D eigenvalue weighted by atomic mass is 10.0. The smallest absolute Gasteiger partial charge is 0.243 e. The first-order valence-electron chi connectivity index (χ1n) is 7.08. The van der Waals surface area contributed by atoms with Crippen molar-refractivity contribution in [3.63, 3.8) is 0 Å². The molecule has 1 fully saturated rings. The van der Waals surface area contributed by atoms with Crippen LogP contribution in [0.1, 0.15) is 38.2 Å². The van der Waals surface area contributed by atoms with E-state index in [2.05, 4.69) is 13.8 Å². The Kier molecular flexibility index (Phi) is 4.83. The molecule has 4 nitrogen and oxygen atoms in total. The van der Waals surface area contributed by atoms with Crippen LogP contribution in [0.15, 0.2) is 29.2 Å². The Morgan fingerprint density at radius 2 is 1.90 bits per heavy atom. The van der Waals surface area contributed by atoms with Crippen LogP contribution in [0.25, 0.3) is 0 Å². The molecule has 1 aliphatic rings. The van der Waals surface area contributed by atoms with Crippen LogP contribution in [0, 0.1) is 0 Å². The van der Waals surface area contributed by atoms with Gasteiger partial charge in [0, 0.05) is 20.2 Å². The fraction of sp³-hybridized carbons (Fsp3) is 0.600. The predicted molar refractivity (Wildman–Crippen MR) is 79.3 cm³/mol. The van der Waals surface area contributed by atoms with Crippen LogP contribution in [-0.4, -0.2) is 39.0 Å². The molecule has 0 radical (unpaired) electrons. The van der Waals surface area contributed by atoms with Crippen molar-refractivity contribution in [2.75, 3.05) is 20.2 Å². The Morgan fingerprint density at radius 1 is 1.25 bits per heavy atom. The lowest BCUT2D eigenvalue weighted by Crippen LogP contribution is -2.42. The van der Waals surface area contributed by atoms with Crippen molar-refractivity contribution in [1.82, 2.24) is 4.31 Å². The van der Waals surface area contributed by atoms with Gasteiger partial charge in [0.2, 0.25) is 10.0 Å². The average Bonchev–Trinajstić information content (AvgIpc) is 2.47. The monoisotopic (exact) mass is 297 g/mol. The van der Waals surface area contributed by atoms with Crippen LogP contribution in [0.2, 0.25) is 0 Å². The maximum Gasteiger partial charge on any atom is 0.243 e. The van der Waals surface area contributed by atoms with Gasteiger partial charge in [-0.15, -0.1) is 0 Å². The van der Waals surface area contributed by atoms with E-state index in [1.54, 1.807) is 19.2 Å². The zero-order valence-electron chi connectivity index (χ0n) is 12.4. The highest BCUT2D eigenvalue weighted by Gasteiger charge is 2.30. The summed E-state index contributed by atoms with van der Waals surface area (Å²) in [5.41, 5.74) is 1.15. The molecule has 5 heteroatoms. The van der Waals surface area contributed by atoms with Crippen molar-refractivity contribution in [2.24, 2.45) is 0 Å². The summed E-state index contributed by atoms with van der Waals surface area (Å²) < 4.78 is 32.0. The Labute approximate surface area is 121 Å². The number of nitrogens with zero attached hydrogens (tertiary/aromatic N) is 1. The van der Waals surface area contributed by atoms with E-state index in [1.807, 2.05) is 12.1 Å². The Balaban J connectivity index is 2.21. The summed E-state index contributed by atoms with van der Waals surface area (Å²) in [6, 6.07) is 7.22. The van der Waals surface area contributed by atoms with Gasteiger partial charge >= 0.3 is 0 Å². The molecule has 0 aliphatic carbocycles. The van der Waals surface area contributed by atoms with Gasteiger partial charge in [-0.2, -0.15) is 4.31 Å². The standard InChI is InChI=1S/C15H23NO3S/c1-12(2)13-6-8-15(9-7-13)20(17,18)16-10-4-5-14(11-16)19-3/h6-9,12,14H,4-5,10-11H2,1-3H3. The van der Waals surface area contributed by atoms with Crippen LogP contribution >= 0.6 is 0 Å². The average molecular weight is 297 g/mol. The third-order valence-corrected chi connectivity index (χ3v) is 5.74. The maximum absolute atomic E-state index is 12.6. The van der Waals surface area contributed by atoms with Crippen LogP contribution in [0.3, 0.4) is 0 Å². The number of methoxy groups -OCH3 is 1. The molecule has 0 aromatic heterocycles. The molecule has 112 valence electrons. The summed E-state index contributed by atoms with van der Waals surface area (Å²) in [6.07, 6.45) is 1.78. The zero-order valence-corrected chi connectivity index (χ0v) is 13.2. The first-order chi connectivity index (χ1) is 9.45. The first-order valence-corrected chi connectivity index (χ1v) is 8.52. The Morgan fingerprint density at radius 3 is 2.45 bits per heavy atom. The van der Waals surface area contributed by atoms with Crippen molar-refractivity contribution in [1.29, 1.82) is 0 Å². The number of hydrogen-bond acceptors (Lipinski definition) is 3. The summed E-state index contributed by atoms with van der Waals surface area (Å²) in [5.74, 6) is 0.402. The third kappa shape index (κ3) is 3.22. The number of rotatable bonds is 4. The number of ether oxygens (including phenoxy) is 1. The number of piperidine rings is 1. The summed E-state index contributed by atoms with van der Waals surface area (Å²) in [5, 5.41) is 0. The van der Waals surface area contributed by atoms with Gasteiger partial charge in [-0.3, -0.25) is 0 Å². The zero-order chi connectivity index (χ0) is 14.8. The van der Waals surface area contributed by atoms with Gasteiger partial charge < -0.3 is 4.74 Å². The lowest BCUT2D eigenvalue weighted by Gasteiger charge is -2.31. The van der Waals surface area contributed by atoms with Gasteiger partial charge in [-0.25, -0.2) is 8.42 Å². The van der Waals surface area contributed by atoms with Crippen molar-refractivity contribution in [3.8, 4) is 0 Å². The molecule has 1 unspecified atom stereocenters. The molecule has 0 N–H and O–H groups in total. The van der Waals surface area contributed by atoms with Crippen LogP contribution in [0.4, 0.5) is 0 Å². The minimum Gasteiger partial charge on any atom is -0.380 e. The van der Waals surface area contributed by atoms with E-state index in [9.17, 15) is 8.42 Å². The third-order valence-electron chi connectivity index (χ3n) is 3.86. The minimum atomic E-state index is -3.39. The molecule has 0 bridgehead atoms. The van der Waals surface area contributed by atoms with Gasteiger partial charge in [0.1, 0.15) is 0 Å². The SMILES string of the molecule is COC1CCCN(S(=O)(=O)c2ccc(C(C)C)cc2)C1. The highest BCUT2D eigenvalue weighted by atomic mass is 32.2. The van der Waals surface area contributed by atoms with E-state index in [0.717, 1.165) is 18.4 Å². The number of sulfonamides is 1. The van der Waals surface area contributed by atoms with Gasteiger partial charge in [0.25, 0.3) is 0 Å². The van der Waals surface area contributed by atoms with E-state index in [0.29, 0.717) is 23.9 Å². The normalized spacial score (nSPS) is 21.3. The van der Waals surface area contributed by atoms with Crippen LogP contribution in [-0.2, 0) is 14.8 Å². The van der Waals surface area contributed by atoms with Crippen molar-refractivity contribution in [3.05, 3.63) is 29.8 Å². The van der Waals surface area contributed by atoms with Gasteiger partial charge in [-0.1, -0.05) is 26.0 Å².